The predicted octanol–water partition coefficient (Wildman–Crippen LogP) is 3.89. The molecule has 1 aromatic rings. The molecule has 1 aliphatic rings. The van der Waals surface area contributed by atoms with Crippen LogP contribution in [0.4, 0.5) is 9.93 Å². The zero-order chi connectivity index (χ0) is 20.4. The fraction of sp³-hybridized carbons (Fsp3) is 0.524. The maximum Gasteiger partial charge on any atom is 0.321 e. The molecule has 28 heavy (non-hydrogen) atoms. The number of anilines is 1. The minimum absolute atomic E-state index is 0.0373. The summed E-state index contributed by atoms with van der Waals surface area (Å²) in [6, 6.07) is -0.283. The molecular formula is C21H29N3O3S. The van der Waals surface area contributed by atoms with E-state index >= 15 is 0 Å². The van der Waals surface area contributed by atoms with E-state index in [9.17, 15) is 4.79 Å². The topological polar surface area (TPSA) is 72.5 Å². The van der Waals surface area contributed by atoms with Crippen molar-refractivity contribution >= 4 is 22.5 Å². The Kier molecular flexibility index (Phi) is 9.21. The van der Waals surface area contributed by atoms with Crippen LogP contribution >= 0.6 is 11.3 Å². The number of ether oxygens (including phenoxy) is 2. The van der Waals surface area contributed by atoms with E-state index in [2.05, 4.69) is 27.5 Å². The molecule has 1 unspecified atom stereocenters. The van der Waals surface area contributed by atoms with Gasteiger partial charge in [0.15, 0.2) is 5.13 Å². The van der Waals surface area contributed by atoms with Crippen molar-refractivity contribution in [2.75, 3.05) is 32.2 Å². The molecule has 0 aromatic carbocycles. The summed E-state index contributed by atoms with van der Waals surface area (Å²) in [5.74, 6) is 6.99. The Bertz CT molecular complexity index is 770. The highest BCUT2D eigenvalue weighted by molar-refractivity contribution is 7.16. The molecule has 0 radical (unpaired) electrons. The van der Waals surface area contributed by atoms with Gasteiger partial charge in [-0.3, -0.25) is 5.32 Å². The number of thiazole rings is 1. The number of rotatable bonds is 9. The zero-order valence-corrected chi connectivity index (χ0v) is 17.8. The normalized spacial score (nSPS) is 15.2. The lowest BCUT2D eigenvalue weighted by atomic mass is 10.2. The molecule has 1 atom stereocenters. The number of nitrogens with zero attached hydrogens (tertiary/aromatic N) is 1. The van der Waals surface area contributed by atoms with Crippen molar-refractivity contribution in [2.45, 2.75) is 39.7 Å². The van der Waals surface area contributed by atoms with Gasteiger partial charge in [-0.1, -0.05) is 29.4 Å². The minimum Gasteiger partial charge on any atom is -0.379 e. The summed E-state index contributed by atoms with van der Waals surface area (Å²) in [5.41, 5.74) is 1.69. The van der Waals surface area contributed by atoms with Gasteiger partial charge in [0, 0.05) is 25.8 Å². The molecule has 1 saturated carbocycles. The summed E-state index contributed by atoms with van der Waals surface area (Å²) in [7, 11) is 1.67. The molecule has 0 saturated heterocycles. The summed E-state index contributed by atoms with van der Waals surface area (Å²) >= 11 is 1.36. The van der Waals surface area contributed by atoms with Crippen molar-refractivity contribution in [1.29, 1.82) is 0 Å². The molecule has 1 aliphatic carbocycles. The lowest BCUT2D eigenvalue weighted by Gasteiger charge is -2.05. The summed E-state index contributed by atoms with van der Waals surface area (Å²) in [6.07, 6.45) is 8.40. The third-order valence-corrected chi connectivity index (χ3v) is 5.14. The SMILES string of the molecule is CC=C(C#Cc1sc(NC(=O)NCCOCC2CC2)nc1C)C=CC(C)OC. The second-order valence-corrected chi connectivity index (χ2v) is 7.63. The van der Waals surface area contributed by atoms with Gasteiger partial charge in [-0.15, -0.1) is 0 Å². The minimum atomic E-state index is -0.283. The van der Waals surface area contributed by atoms with E-state index in [1.54, 1.807) is 7.11 Å². The molecule has 6 nitrogen and oxygen atoms in total. The number of carbonyl (C=O) groups excluding carboxylic acids is 1. The van der Waals surface area contributed by atoms with Crippen LogP contribution in [0.5, 0.6) is 0 Å². The summed E-state index contributed by atoms with van der Waals surface area (Å²) in [6.45, 7) is 7.59. The van der Waals surface area contributed by atoms with Crippen LogP contribution in [0.15, 0.2) is 23.8 Å². The van der Waals surface area contributed by atoms with Crippen LogP contribution < -0.4 is 10.6 Å². The Morgan fingerprint density at radius 3 is 2.93 bits per heavy atom. The second-order valence-electron chi connectivity index (χ2n) is 6.63. The smallest absolute Gasteiger partial charge is 0.321 e. The monoisotopic (exact) mass is 403 g/mol. The summed E-state index contributed by atoms with van der Waals surface area (Å²) < 4.78 is 10.7. The number of hydrogen-bond donors (Lipinski definition) is 2. The standard InChI is InChI=1S/C21H29N3O3S/c1-5-17(7-6-15(2)26-4)10-11-19-16(3)23-21(28-19)24-20(25)22-12-13-27-14-18-8-9-18/h5-7,15,18H,8-9,12-14H2,1-4H3,(H2,22,23,24,25). The van der Waals surface area contributed by atoms with E-state index in [1.165, 1.54) is 24.2 Å². The summed E-state index contributed by atoms with van der Waals surface area (Å²) in [5, 5.41) is 6.06. The number of methoxy groups -OCH3 is 1. The van der Waals surface area contributed by atoms with Gasteiger partial charge in [0.1, 0.15) is 4.88 Å². The van der Waals surface area contributed by atoms with Gasteiger partial charge >= 0.3 is 6.03 Å². The molecule has 152 valence electrons. The molecule has 1 aromatic heterocycles. The Hall–Kier alpha value is -2.14. The van der Waals surface area contributed by atoms with Gasteiger partial charge < -0.3 is 14.8 Å². The van der Waals surface area contributed by atoms with Crippen molar-refractivity contribution in [3.63, 3.8) is 0 Å². The number of aromatic nitrogens is 1. The molecule has 2 N–H and O–H groups in total. The molecule has 0 aliphatic heterocycles. The maximum atomic E-state index is 12.0. The van der Waals surface area contributed by atoms with E-state index < -0.39 is 0 Å². The number of urea groups is 1. The van der Waals surface area contributed by atoms with E-state index in [0.717, 1.165) is 28.7 Å². The molecular weight excluding hydrogens is 374 g/mol. The van der Waals surface area contributed by atoms with Crippen LogP contribution in [0.3, 0.4) is 0 Å². The molecule has 1 fully saturated rings. The molecule has 2 rings (SSSR count). The zero-order valence-electron chi connectivity index (χ0n) is 17.0. The Balaban J connectivity index is 1.82. The fourth-order valence-electron chi connectivity index (χ4n) is 2.14. The third-order valence-electron chi connectivity index (χ3n) is 4.15. The Morgan fingerprint density at radius 1 is 1.46 bits per heavy atom. The molecule has 0 bridgehead atoms. The lowest BCUT2D eigenvalue weighted by Crippen LogP contribution is -2.31. The van der Waals surface area contributed by atoms with Crippen LogP contribution in [0, 0.1) is 24.7 Å². The number of hydrogen-bond acceptors (Lipinski definition) is 5. The first-order valence-corrected chi connectivity index (χ1v) is 10.3. The van der Waals surface area contributed by atoms with E-state index in [4.69, 9.17) is 9.47 Å². The van der Waals surface area contributed by atoms with Crippen molar-refractivity contribution in [2.24, 2.45) is 5.92 Å². The van der Waals surface area contributed by atoms with Crippen molar-refractivity contribution < 1.29 is 14.3 Å². The number of nitrogens with one attached hydrogen (secondary N) is 2. The number of carbonyl (C=O) groups is 1. The molecule has 2 amide bonds. The highest BCUT2D eigenvalue weighted by Crippen LogP contribution is 2.28. The number of allylic oxidation sites excluding steroid dienone is 3. The number of aryl methyl sites for hydroxylation is 1. The van der Waals surface area contributed by atoms with Crippen LogP contribution in [0.1, 0.15) is 37.3 Å². The van der Waals surface area contributed by atoms with Gasteiger partial charge in [-0.2, -0.15) is 0 Å². The second kappa shape index (κ2) is 11.6. The van der Waals surface area contributed by atoms with Gasteiger partial charge in [-0.05, 0) is 51.5 Å². The predicted molar refractivity (Wildman–Crippen MR) is 114 cm³/mol. The molecule has 0 spiro atoms. The van der Waals surface area contributed by atoms with Gasteiger partial charge in [0.2, 0.25) is 0 Å². The Morgan fingerprint density at radius 2 is 2.25 bits per heavy atom. The van der Waals surface area contributed by atoms with Gasteiger partial charge in [0.25, 0.3) is 0 Å². The van der Waals surface area contributed by atoms with Gasteiger partial charge in [-0.25, -0.2) is 9.78 Å². The maximum absolute atomic E-state index is 12.0. The molecule has 7 heteroatoms. The lowest BCUT2D eigenvalue weighted by molar-refractivity contribution is 0.127. The highest BCUT2D eigenvalue weighted by Gasteiger charge is 2.20. The third kappa shape index (κ3) is 8.26. The average Bonchev–Trinajstić information content (AvgIpc) is 3.44. The fourth-order valence-corrected chi connectivity index (χ4v) is 2.95. The quantitative estimate of drug-likeness (QED) is 0.373. The van der Waals surface area contributed by atoms with E-state index in [-0.39, 0.29) is 12.1 Å². The van der Waals surface area contributed by atoms with Crippen molar-refractivity contribution in [3.8, 4) is 11.8 Å². The van der Waals surface area contributed by atoms with E-state index in [1.807, 2.05) is 39.0 Å². The Labute approximate surface area is 171 Å². The molecule has 1 heterocycles. The first kappa shape index (κ1) is 22.2. The van der Waals surface area contributed by atoms with Gasteiger partial charge in [0.05, 0.1) is 18.4 Å². The first-order chi connectivity index (χ1) is 13.5. The highest BCUT2D eigenvalue weighted by atomic mass is 32.1. The van der Waals surface area contributed by atoms with E-state index in [0.29, 0.717) is 18.3 Å². The van der Waals surface area contributed by atoms with Crippen LogP contribution in [-0.4, -0.2) is 44.0 Å². The van der Waals surface area contributed by atoms with Crippen LogP contribution in [0.2, 0.25) is 0 Å². The van der Waals surface area contributed by atoms with Crippen LogP contribution in [0.25, 0.3) is 0 Å². The largest absolute Gasteiger partial charge is 0.379 e. The number of amides is 2. The van der Waals surface area contributed by atoms with Crippen molar-refractivity contribution in [1.82, 2.24) is 10.3 Å². The summed E-state index contributed by atoms with van der Waals surface area (Å²) in [4.78, 5) is 17.2. The average molecular weight is 404 g/mol. The first-order valence-electron chi connectivity index (χ1n) is 9.51. The van der Waals surface area contributed by atoms with Crippen molar-refractivity contribution in [3.05, 3.63) is 34.4 Å². The van der Waals surface area contributed by atoms with Crippen LogP contribution in [-0.2, 0) is 9.47 Å².